The monoisotopic (exact) mass is 442 g/mol. The largest absolute Gasteiger partial charge is 0.466 e. The molecule has 1 unspecified atom stereocenters. The molecule has 162 valence electrons. The number of nitrogens with zero attached hydrogens (tertiary/aromatic N) is 2. The molecule has 0 spiro atoms. The number of benzene rings is 2. The van der Waals surface area contributed by atoms with Crippen molar-refractivity contribution < 1.29 is 27.5 Å². The highest BCUT2D eigenvalue weighted by Gasteiger charge is 2.33. The van der Waals surface area contributed by atoms with Crippen LogP contribution in [0.3, 0.4) is 0 Å². The molecule has 1 atom stereocenters. The van der Waals surface area contributed by atoms with Gasteiger partial charge in [0.05, 0.1) is 18.4 Å². The van der Waals surface area contributed by atoms with Gasteiger partial charge in [-0.25, -0.2) is 9.59 Å². The quantitative estimate of drug-likeness (QED) is 0.670. The van der Waals surface area contributed by atoms with Crippen molar-refractivity contribution in [2.24, 2.45) is 4.40 Å². The minimum Gasteiger partial charge on any atom is -0.466 e. The second kappa shape index (κ2) is 8.50. The number of hydrogen-bond acceptors (Lipinski definition) is 7. The molecule has 0 amide bonds. The lowest BCUT2D eigenvalue weighted by Gasteiger charge is -2.29. The number of carbonyl (C=O) groups is 2. The summed E-state index contributed by atoms with van der Waals surface area (Å²) in [6.07, 6.45) is 2.16. The van der Waals surface area contributed by atoms with E-state index in [1.165, 1.54) is 19.2 Å². The van der Waals surface area contributed by atoms with Gasteiger partial charge in [0.15, 0.2) is 0 Å². The highest BCUT2D eigenvalue weighted by molar-refractivity contribution is 7.90. The fourth-order valence-electron chi connectivity index (χ4n) is 3.77. The molecule has 2 aromatic carbocycles. The third-order valence-corrected chi connectivity index (χ3v) is 6.66. The van der Waals surface area contributed by atoms with E-state index in [1.54, 1.807) is 36.4 Å². The molecule has 1 fully saturated rings. The summed E-state index contributed by atoms with van der Waals surface area (Å²) in [6.45, 7) is 0.670. The number of sulfonamides is 1. The Morgan fingerprint density at radius 2 is 1.84 bits per heavy atom. The van der Waals surface area contributed by atoms with Crippen molar-refractivity contribution in [3.8, 4) is 0 Å². The van der Waals surface area contributed by atoms with E-state index in [-0.39, 0.29) is 10.5 Å². The molecule has 0 bridgehead atoms. The van der Waals surface area contributed by atoms with E-state index >= 15 is 0 Å². The Morgan fingerprint density at radius 3 is 2.58 bits per heavy atom. The van der Waals surface area contributed by atoms with Crippen LogP contribution in [0, 0.1) is 0 Å². The summed E-state index contributed by atoms with van der Waals surface area (Å²) in [7, 11) is -2.74. The average Bonchev–Trinajstić information content (AvgIpc) is 3.02. The summed E-state index contributed by atoms with van der Waals surface area (Å²) in [5, 5.41) is 0. The number of anilines is 1. The van der Waals surface area contributed by atoms with Gasteiger partial charge < -0.3 is 14.4 Å². The molecule has 2 heterocycles. The zero-order valence-corrected chi connectivity index (χ0v) is 17.8. The first kappa shape index (κ1) is 21.0. The second-order valence-electron chi connectivity index (χ2n) is 7.35. The van der Waals surface area contributed by atoms with Gasteiger partial charge in [-0.05, 0) is 31.0 Å². The Kier molecular flexibility index (Phi) is 5.77. The number of esters is 2. The smallest absolute Gasteiger partial charge is 0.351 e. The van der Waals surface area contributed by atoms with E-state index < -0.39 is 28.1 Å². The lowest BCUT2D eigenvalue weighted by molar-refractivity contribution is -0.151. The van der Waals surface area contributed by atoms with Crippen LogP contribution in [0.1, 0.15) is 47.7 Å². The molecule has 8 nitrogen and oxygen atoms in total. The zero-order chi connectivity index (χ0) is 22.0. The van der Waals surface area contributed by atoms with Crippen LogP contribution in [0.5, 0.6) is 0 Å². The Balaban J connectivity index is 1.66. The maximum atomic E-state index is 12.8. The third kappa shape index (κ3) is 4.18. The molecule has 0 radical (unpaired) electrons. The van der Waals surface area contributed by atoms with Crippen molar-refractivity contribution in [3.05, 3.63) is 59.7 Å². The van der Waals surface area contributed by atoms with Crippen LogP contribution in [0.2, 0.25) is 0 Å². The van der Waals surface area contributed by atoms with Crippen LogP contribution in [-0.2, 0) is 24.3 Å². The second-order valence-corrected chi connectivity index (χ2v) is 8.92. The molecule has 2 aromatic rings. The minimum atomic E-state index is -3.94. The number of methoxy groups -OCH3 is 1. The first-order chi connectivity index (χ1) is 14.9. The van der Waals surface area contributed by atoms with Gasteiger partial charge in [-0.3, -0.25) is 0 Å². The molecular formula is C22H22N2O6S. The fourth-order valence-corrected chi connectivity index (χ4v) is 5.05. The topological polar surface area (TPSA) is 102 Å². The van der Waals surface area contributed by atoms with Crippen molar-refractivity contribution in [2.45, 2.75) is 36.7 Å². The zero-order valence-electron chi connectivity index (χ0n) is 17.0. The first-order valence-corrected chi connectivity index (χ1v) is 11.4. The van der Waals surface area contributed by atoms with E-state index in [4.69, 9.17) is 9.47 Å². The highest BCUT2D eigenvalue weighted by Crippen LogP contribution is 2.35. The molecule has 0 N–H and O–H groups in total. The van der Waals surface area contributed by atoms with Crippen molar-refractivity contribution in [3.63, 3.8) is 0 Å². The van der Waals surface area contributed by atoms with Crippen LogP contribution in [0.15, 0.2) is 57.8 Å². The number of ether oxygens (including phenoxy) is 2. The molecule has 2 aliphatic heterocycles. The standard InChI is InChI=1S/C22H22N2O6S/c1-29-22(26)20(15-8-4-2-5-9-15)30-21(25)16-11-12-17-18(14-16)31(27,28)23-19-10-6-3-7-13-24(17)19/h2,4-5,8-9,11-12,14,20H,3,6-7,10,13H2,1H3. The van der Waals surface area contributed by atoms with Gasteiger partial charge in [-0.15, -0.1) is 4.40 Å². The number of rotatable bonds is 4. The van der Waals surface area contributed by atoms with Gasteiger partial charge in [0, 0.05) is 18.5 Å². The molecule has 2 aliphatic rings. The molecule has 0 saturated carbocycles. The van der Waals surface area contributed by atoms with Crippen LogP contribution in [0.25, 0.3) is 0 Å². The summed E-state index contributed by atoms with van der Waals surface area (Å²) in [6, 6.07) is 12.8. The SMILES string of the molecule is COC(=O)C(OC(=O)c1ccc2c(c1)S(=O)(=O)N=C1CCCCCN12)c1ccccc1. The fraction of sp³-hybridized carbons (Fsp3) is 0.318. The van der Waals surface area contributed by atoms with E-state index in [9.17, 15) is 18.0 Å². The summed E-state index contributed by atoms with van der Waals surface area (Å²) >= 11 is 0. The van der Waals surface area contributed by atoms with E-state index in [0.717, 1.165) is 19.3 Å². The average molecular weight is 442 g/mol. The lowest BCUT2D eigenvalue weighted by atomic mass is 10.1. The number of amidine groups is 1. The van der Waals surface area contributed by atoms with Crippen molar-refractivity contribution in [2.75, 3.05) is 18.6 Å². The van der Waals surface area contributed by atoms with Gasteiger partial charge in [0.1, 0.15) is 10.7 Å². The Hall–Kier alpha value is -3.20. The summed E-state index contributed by atoms with van der Waals surface area (Å²) in [4.78, 5) is 26.9. The summed E-state index contributed by atoms with van der Waals surface area (Å²) < 4.78 is 39.7. The Labute approximate surface area is 180 Å². The molecule has 1 saturated heterocycles. The molecular weight excluding hydrogens is 420 g/mol. The maximum Gasteiger partial charge on any atom is 0.351 e. The van der Waals surface area contributed by atoms with Crippen LogP contribution in [-0.4, -0.2) is 39.8 Å². The van der Waals surface area contributed by atoms with Crippen molar-refractivity contribution in [1.29, 1.82) is 0 Å². The molecule has 0 aliphatic carbocycles. The normalized spacial score (nSPS) is 18.0. The Bertz CT molecular complexity index is 1140. The summed E-state index contributed by atoms with van der Waals surface area (Å²) in [5.74, 6) is -1.03. The predicted molar refractivity (Wildman–Crippen MR) is 113 cm³/mol. The minimum absolute atomic E-state index is 0.0145. The third-order valence-electron chi connectivity index (χ3n) is 5.33. The number of hydrogen-bond donors (Lipinski definition) is 0. The molecule has 31 heavy (non-hydrogen) atoms. The molecule has 0 aromatic heterocycles. The first-order valence-electron chi connectivity index (χ1n) is 10.00. The van der Waals surface area contributed by atoms with Crippen LogP contribution in [0.4, 0.5) is 5.69 Å². The van der Waals surface area contributed by atoms with Crippen molar-refractivity contribution >= 4 is 33.5 Å². The number of carbonyl (C=O) groups excluding carboxylic acids is 2. The van der Waals surface area contributed by atoms with Gasteiger partial charge in [-0.2, -0.15) is 8.42 Å². The Morgan fingerprint density at radius 1 is 1.06 bits per heavy atom. The maximum absolute atomic E-state index is 12.8. The molecule has 9 heteroatoms. The highest BCUT2D eigenvalue weighted by atomic mass is 32.2. The van der Waals surface area contributed by atoms with E-state index in [0.29, 0.717) is 30.1 Å². The van der Waals surface area contributed by atoms with Gasteiger partial charge in [0.25, 0.3) is 10.0 Å². The number of fused-ring (bicyclic) bond motifs is 3. The van der Waals surface area contributed by atoms with E-state index in [2.05, 4.69) is 4.40 Å². The summed E-state index contributed by atoms with van der Waals surface area (Å²) in [5.41, 5.74) is 0.976. The molecule has 4 rings (SSSR count). The van der Waals surface area contributed by atoms with Crippen LogP contribution < -0.4 is 4.90 Å². The van der Waals surface area contributed by atoms with Crippen molar-refractivity contribution in [1.82, 2.24) is 0 Å². The van der Waals surface area contributed by atoms with Gasteiger partial charge in [0.2, 0.25) is 6.10 Å². The van der Waals surface area contributed by atoms with Gasteiger partial charge >= 0.3 is 11.9 Å². The predicted octanol–water partition coefficient (Wildman–Crippen LogP) is 3.24. The lowest BCUT2D eigenvalue weighted by Crippen LogP contribution is -2.35. The van der Waals surface area contributed by atoms with Crippen LogP contribution >= 0.6 is 0 Å². The van der Waals surface area contributed by atoms with Gasteiger partial charge in [-0.1, -0.05) is 36.8 Å². The van der Waals surface area contributed by atoms with E-state index in [1.807, 2.05) is 4.90 Å².